The average molecular weight is 686 g/mol. The quantitative estimate of drug-likeness (QED) is 0.198. The first-order chi connectivity index (χ1) is 23.1. The lowest BCUT2D eigenvalue weighted by Gasteiger charge is -2.55. The number of carbonyl (C=O) groups excluding carboxylic acids is 1. The Bertz CT molecular complexity index is 1610. The number of nitrogens with zero attached hydrogens (tertiary/aromatic N) is 5. The Kier molecular flexibility index (Phi) is 9.92. The lowest BCUT2D eigenvalue weighted by Crippen LogP contribution is -2.52. The van der Waals surface area contributed by atoms with E-state index in [4.69, 9.17) is 14.1 Å². The molecule has 8 nitrogen and oxygen atoms in total. The topological polar surface area (TPSA) is 82.4 Å². The van der Waals surface area contributed by atoms with Gasteiger partial charge in [-0.15, -0.1) is 0 Å². The molecule has 266 valence electrons. The molecule has 49 heavy (non-hydrogen) atoms. The van der Waals surface area contributed by atoms with Crippen molar-refractivity contribution in [1.82, 2.24) is 19.7 Å². The highest BCUT2D eigenvalue weighted by Gasteiger charge is 2.51. The molecule has 2 bridgehead atoms. The van der Waals surface area contributed by atoms with Crippen LogP contribution in [0.2, 0.25) is 18.1 Å². The summed E-state index contributed by atoms with van der Waals surface area (Å²) in [6.45, 7) is 18.7. The minimum atomic E-state index is -1.86. The molecule has 0 radical (unpaired) electrons. The first-order valence-electron chi connectivity index (χ1n) is 18.7. The number of methoxy groups -OCH3 is 1. The molecule has 1 amide bonds. The predicted octanol–water partition coefficient (Wildman–Crippen LogP) is 9.44. The van der Waals surface area contributed by atoms with Crippen LogP contribution in [0, 0.1) is 18.3 Å². The fraction of sp³-hybridized carbons (Fsp3) is 0.650. The van der Waals surface area contributed by atoms with Crippen LogP contribution in [0.4, 0.5) is 5.82 Å². The number of anilines is 1. The van der Waals surface area contributed by atoms with E-state index in [0.717, 1.165) is 93.3 Å². The lowest BCUT2D eigenvalue weighted by atomic mass is 9.52. The van der Waals surface area contributed by atoms with Crippen LogP contribution < -0.4 is 9.64 Å². The van der Waals surface area contributed by atoms with Gasteiger partial charge in [0.15, 0.2) is 8.32 Å². The number of amides is 1. The van der Waals surface area contributed by atoms with E-state index in [2.05, 4.69) is 87.9 Å². The molecule has 0 unspecified atom stereocenters. The van der Waals surface area contributed by atoms with Crippen molar-refractivity contribution in [3.05, 3.63) is 54.1 Å². The molecule has 3 heterocycles. The van der Waals surface area contributed by atoms with Crippen LogP contribution in [-0.4, -0.2) is 53.7 Å². The molecular formula is C40H59N5O3Si. The van der Waals surface area contributed by atoms with Crippen LogP contribution in [0.5, 0.6) is 5.88 Å². The number of aryl methyl sites for hydroxylation is 1. The Morgan fingerprint density at radius 3 is 2.24 bits per heavy atom. The van der Waals surface area contributed by atoms with E-state index in [1.54, 1.807) is 7.11 Å². The molecule has 0 atom stereocenters. The van der Waals surface area contributed by atoms with Gasteiger partial charge >= 0.3 is 0 Å². The van der Waals surface area contributed by atoms with Crippen LogP contribution in [0.25, 0.3) is 11.1 Å². The van der Waals surface area contributed by atoms with Gasteiger partial charge in [-0.2, -0.15) is 5.10 Å². The molecule has 4 aliphatic rings. The Morgan fingerprint density at radius 1 is 1.00 bits per heavy atom. The van der Waals surface area contributed by atoms with E-state index >= 15 is 0 Å². The van der Waals surface area contributed by atoms with Gasteiger partial charge in [0.05, 0.1) is 13.3 Å². The van der Waals surface area contributed by atoms with Crippen molar-refractivity contribution in [1.29, 1.82) is 0 Å². The molecule has 0 aliphatic heterocycles. The van der Waals surface area contributed by atoms with E-state index < -0.39 is 8.32 Å². The summed E-state index contributed by atoms with van der Waals surface area (Å²) >= 11 is 0. The highest BCUT2D eigenvalue weighted by molar-refractivity contribution is 6.74. The van der Waals surface area contributed by atoms with Gasteiger partial charge in [0.25, 0.3) is 0 Å². The maximum atomic E-state index is 14.7. The number of aromatic nitrogens is 4. The second-order valence-corrected chi connectivity index (χ2v) is 22.1. The molecule has 4 fully saturated rings. The molecule has 0 aromatic carbocycles. The molecule has 4 saturated carbocycles. The Hall–Kier alpha value is -3.04. The normalized spacial score (nSPS) is 25.8. The van der Waals surface area contributed by atoms with Crippen LogP contribution >= 0.6 is 0 Å². The Morgan fingerprint density at radius 2 is 1.67 bits per heavy atom. The minimum absolute atomic E-state index is 0.00978. The third-order valence-corrected chi connectivity index (χ3v) is 17.3. The number of pyridine rings is 2. The van der Waals surface area contributed by atoms with Crippen molar-refractivity contribution in [2.45, 2.75) is 141 Å². The van der Waals surface area contributed by atoms with E-state index in [1.165, 1.54) is 5.56 Å². The van der Waals surface area contributed by atoms with Gasteiger partial charge in [0, 0.05) is 54.3 Å². The van der Waals surface area contributed by atoms with Crippen LogP contribution in [-0.2, 0) is 14.6 Å². The maximum absolute atomic E-state index is 14.7. The molecule has 4 aliphatic carbocycles. The average Bonchev–Trinajstić information content (AvgIpc) is 3.59. The van der Waals surface area contributed by atoms with E-state index in [9.17, 15) is 4.79 Å². The molecule has 0 N–H and O–H groups in total. The molecule has 3 aromatic rings. The summed E-state index contributed by atoms with van der Waals surface area (Å²) in [5.41, 5.74) is 4.80. The van der Waals surface area contributed by atoms with Gasteiger partial charge in [-0.25, -0.2) is 9.97 Å². The highest BCUT2D eigenvalue weighted by Crippen LogP contribution is 2.58. The maximum Gasteiger partial charge on any atom is 0.231 e. The summed E-state index contributed by atoms with van der Waals surface area (Å²) in [6, 6.07) is 6.73. The van der Waals surface area contributed by atoms with Gasteiger partial charge in [-0.05, 0) is 143 Å². The van der Waals surface area contributed by atoms with Gasteiger partial charge in [-0.1, -0.05) is 20.8 Å². The lowest BCUT2D eigenvalue weighted by molar-refractivity contribution is -0.124. The van der Waals surface area contributed by atoms with Crippen LogP contribution in [0.15, 0.2) is 43.0 Å². The zero-order valence-electron chi connectivity index (χ0n) is 31.5. The summed E-state index contributed by atoms with van der Waals surface area (Å²) in [5, 5.41) is 4.77. The van der Waals surface area contributed by atoms with Crippen molar-refractivity contribution in [3.63, 3.8) is 0 Å². The number of hydrogen-bond donors (Lipinski definition) is 0. The zero-order chi connectivity index (χ0) is 35.2. The van der Waals surface area contributed by atoms with Gasteiger partial charge in [-0.3, -0.25) is 14.4 Å². The standard InChI is InChI=1S/C40H59N5O3Si/c1-28(2)45-26-32(24-43-45)31-14-21-41-35(23-31)44(37(46)30-10-12-34(13-11-30)48-49(8,9)38(4,5)6)27-39-15-18-40(19-16-39,20-17-39)33-22-29(3)36(47-7)42-25-33/h14,21-26,28,30,34H,10-13,15-20,27H2,1-9H3. The smallest absolute Gasteiger partial charge is 0.231 e. The van der Waals surface area contributed by atoms with Crippen molar-refractivity contribution in [3.8, 4) is 17.0 Å². The predicted molar refractivity (Wildman–Crippen MR) is 200 cm³/mol. The molecule has 3 aromatic heterocycles. The number of carbonyl (C=O) groups is 1. The second kappa shape index (κ2) is 13.6. The molecule has 9 heteroatoms. The third kappa shape index (κ3) is 7.25. The molecule has 0 spiro atoms. The SMILES string of the molecule is COc1ncc(C23CCC(CN(C(=O)C4CCC(O[Si](C)(C)C(C)(C)C)CC4)c4cc(-c5cnn(C(C)C)c5)ccn4)(CC2)CC3)cc1C. The molecule has 7 rings (SSSR count). The van der Waals surface area contributed by atoms with Crippen molar-refractivity contribution < 1.29 is 14.0 Å². The number of rotatable bonds is 10. The van der Waals surface area contributed by atoms with Crippen molar-refractivity contribution in [2.24, 2.45) is 11.3 Å². The number of fused-ring (bicyclic) bond motifs is 3. The first kappa shape index (κ1) is 35.8. The molecular weight excluding hydrogens is 627 g/mol. The van der Waals surface area contributed by atoms with E-state index in [1.807, 2.05) is 29.3 Å². The fourth-order valence-electron chi connectivity index (χ4n) is 8.36. The largest absolute Gasteiger partial charge is 0.481 e. The number of hydrogen-bond acceptors (Lipinski definition) is 6. The highest BCUT2D eigenvalue weighted by atomic mass is 28.4. The zero-order valence-corrected chi connectivity index (χ0v) is 32.5. The monoisotopic (exact) mass is 685 g/mol. The summed E-state index contributed by atoms with van der Waals surface area (Å²) < 4.78 is 14.3. The van der Waals surface area contributed by atoms with Gasteiger partial charge in [0.2, 0.25) is 11.8 Å². The molecule has 0 saturated heterocycles. The Labute approximate surface area is 295 Å². The minimum Gasteiger partial charge on any atom is -0.481 e. The van der Waals surface area contributed by atoms with Crippen LogP contribution in [0.3, 0.4) is 0 Å². The number of ether oxygens (including phenoxy) is 1. The van der Waals surface area contributed by atoms with Crippen LogP contribution in [0.1, 0.15) is 116 Å². The summed E-state index contributed by atoms with van der Waals surface area (Å²) in [4.78, 5) is 26.4. The second-order valence-electron chi connectivity index (χ2n) is 17.3. The van der Waals surface area contributed by atoms with E-state index in [-0.39, 0.29) is 39.8 Å². The summed E-state index contributed by atoms with van der Waals surface area (Å²) in [7, 11) is -0.173. The van der Waals surface area contributed by atoms with Gasteiger partial charge in [0.1, 0.15) is 5.82 Å². The summed E-state index contributed by atoms with van der Waals surface area (Å²) in [6.07, 6.45) is 18.5. The summed E-state index contributed by atoms with van der Waals surface area (Å²) in [5.74, 6) is 1.71. The van der Waals surface area contributed by atoms with Crippen molar-refractivity contribution >= 4 is 20.0 Å². The first-order valence-corrected chi connectivity index (χ1v) is 21.6. The fourth-order valence-corrected chi connectivity index (χ4v) is 9.79. The Balaban J connectivity index is 1.23. The van der Waals surface area contributed by atoms with Gasteiger partial charge < -0.3 is 9.16 Å². The van der Waals surface area contributed by atoms with Crippen molar-refractivity contribution in [2.75, 3.05) is 18.6 Å². The van der Waals surface area contributed by atoms with E-state index in [0.29, 0.717) is 5.88 Å². The third-order valence-electron chi connectivity index (χ3n) is 12.8.